The number of aromatic nitrogens is 3. The molecule has 1 aliphatic heterocycles. The summed E-state index contributed by atoms with van der Waals surface area (Å²) < 4.78 is 1.76. The Hall–Kier alpha value is -0.770. The van der Waals surface area contributed by atoms with E-state index in [2.05, 4.69) is 15.0 Å². The van der Waals surface area contributed by atoms with Gasteiger partial charge < -0.3 is 4.90 Å². The third kappa shape index (κ3) is 2.00. The van der Waals surface area contributed by atoms with E-state index in [0.29, 0.717) is 5.28 Å². The highest BCUT2D eigenvalue weighted by Gasteiger charge is 2.15. The average molecular weight is 215 g/mol. The Morgan fingerprint density at radius 2 is 1.79 bits per heavy atom. The van der Waals surface area contributed by atoms with Gasteiger partial charge in [-0.2, -0.15) is 4.98 Å². The lowest BCUT2D eigenvalue weighted by Crippen LogP contribution is -2.26. The molecule has 0 aromatic carbocycles. The van der Waals surface area contributed by atoms with Crippen molar-refractivity contribution < 1.29 is 0 Å². The summed E-state index contributed by atoms with van der Waals surface area (Å²) in [6, 6.07) is 0. The van der Waals surface area contributed by atoms with Crippen LogP contribution in [0.25, 0.3) is 0 Å². The van der Waals surface area contributed by atoms with Crippen LogP contribution in [0.2, 0.25) is 5.28 Å². The van der Waals surface area contributed by atoms with E-state index >= 15 is 0 Å². The van der Waals surface area contributed by atoms with Crippen LogP contribution in [0.1, 0.15) is 25.7 Å². The van der Waals surface area contributed by atoms with E-state index in [4.69, 9.17) is 11.6 Å². The van der Waals surface area contributed by atoms with Gasteiger partial charge in [0, 0.05) is 20.1 Å². The molecule has 1 fully saturated rings. The van der Waals surface area contributed by atoms with Crippen molar-refractivity contribution in [2.45, 2.75) is 25.7 Å². The van der Waals surface area contributed by atoms with Gasteiger partial charge in [0.05, 0.1) is 0 Å². The summed E-state index contributed by atoms with van der Waals surface area (Å²) in [5, 5.41) is 4.39. The zero-order chi connectivity index (χ0) is 9.97. The predicted molar refractivity (Wildman–Crippen MR) is 56.7 cm³/mol. The van der Waals surface area contributed by atoms with Gasteiger partial charge in [0.15, 0.2) is 0 Å². The Labute approximate surface area is 88.9 Å². The van der Waals surface area contributed by atoms with Crippen molar-refractivity contribution in [1.82, 2.24) is 14.8 Å². The van der Waals surface area contributed by atoms with E-state index in [1.165, 1.54) is 25.7 Å². The fourth-order valence-electron chi connectivity index (χ4n) is 1.89. The van der Waals surface area contributed by atoms with Crippen LogP contribution >= 0.6 is 11.6 Å². The van der Waals surface area contributed by atoms with Gasteiger partial charge in [-0.1, -0.05) is 12.8 Å². The largest absolute Gasteiger partial charge is 0.341 e. The summed E-state index contributed by atoms with van der Waals surface area (Å²) in [5.41, 5.74) is 0. The molecule has 0 atom stereocenters. The lowest BCUT2D eigenvalue weighted by Gasteiger charge is -2.19. The Morgan fingerprint density at radius 1 is 1.14 bits per heavy atom. The molecular formula is C9H15ClN4. The zero-order valence-electron chi connectivity index (χ0n) is 8.41. The standard InChI is InChI=1S/C9H15ClN4/c1-13-9(11-8(10)12-13)14-6-4-2-3-5-7-14/h2-7H2,1H3. The molecule has 0 saturated carbocycles. The van der Waals surface area contributed by atoms with Gasteiger partial charge in [-0.15, -0.1) is 5.10 Å². The number of halogens is 1. The van der Waals surface area contributed by atoms with E-state index in [9.17, 15) is 0 Å². The summed E-state index contributed by atoms with van der Waals surface area (Å²) in [4.78, 5) is 6.49. The second-order valence-electron chi connectivity index (χ2n) is 3.71. The smallest absolute Gasteiger partial charge is 0.244 e. The van der Waals surface area contributed by atoms with Gasteiger partial charge in [0.2, 0.25) is 11.2 Å². The van der Waals surface area contributed by atoms with Gasteiger partial charge >= 0.3 is 0 Å². The Balaban J connectivity index is 2.15. The second kappa shape index (κ2) is 4.17. The maximum Gasteiger partial charge on any atom is 0.244 e. The van der Waals surface area contributed by atoms with E-state index in [1.807, 2.05) is 7.05 Å². The fourth-order valence-corrected chi connectivity index (χ4v) is 2.08. The first-order valence-electron chi connectivity index (χ1n) is 5.09. The van der Waals surface area contributed by atoms with E-state index in [-0.39, 0.29) is 0 Å². The third-order valence-electron chi connectivity index (χ3n) is 2.60. The highest BCUT2D eigenvalue weighted by molar-refractivity contribution is 6.28. The predicted octanol–water partition coefficient (Wildman–Crippen LogP) is 1.85. The Bertz CT molecular complexity index is 302. The number of rotatable bonds is 1. The molecule has 0 aliphatic carbocycles. The molecule has 1 aromatic heterocycles. The molecule has 0 N–H and O–H groups in total. The van der Waals surface area contributed by atoms with E-state index in [0.717, 1.165) is 19.0 Å². The first-order chi connectivity index (χ1) is 6.77. The van der Waals surface area contributed by atoms with Crippen LogP contribution < -0.4 is 4.90 Å². The molecule has 5 heteroatoms. The molecule has 0 bridgehead atoms. The van der Waals surface area contributed by atoms with Crippen LogP contribution in [0, 0.1) is 0 Å². The number of anilines is 1. The molecule has 1 saturated heterocycles. The summed E-state index contributed by atoms with van der Waals surface area (Å²) in [7, 11) is 1.89. The number of hydrogen-bond acceptors (Lipinski definition) is 3. The van der Waals surface area contributed by atoms with Gasteiger partial charge in [-0.3, -0.25) is 0 Å². The minimum Gasteiger partial charge on any atom is -0.341 e. The fraction of sp³-hybridized carbons (Fsp3) is 0.778. The van der Waals surface area contributed by atoms with Gasteiger partial charge in [-0.25, -0.2) is 4.68 Å². The van der Waals surface area contributed by atoms with Crippen molar-refractivity contribution in [3.63, 3.8) is 0 Å². The maximum atomic E-state index is 5.76. The molecule has 0 radical (unpaired) electrons. The summed E-state index contributed by atoms with van der Waals surface area (Å²) >= 11 is 5.76. The van der Waals surface area contributed by atoms with Crippen LogP contribution in [0.3, 0.4) is 0 Å². The molecule has 14 heavy (non-hydrogen) atoms. The lowest BCUT2D eigenvalue weighted by atomic mass is 10.2. The number of hydrogen-bond donors (Lipinski definition) is 0. The van der Waals surface area contributed by atoms with Crippen LogP contribution in [0.5, 0.6) is 0 Å². The molecule has 0 amide bonds. The quantitative estimate of drug-likeness (QED) is 0.716. The van der Waals surface area contributed by atoms with Gasteiger partial charge in [0.25, 0.3) is 0 Å². The van der Waals surface area contributed by atoms with E-state index in [1.54, 1.807) is 4.68 Å². The van der Waals surface area contributed by atoms with Crippen LogP contribution in [-0.2, 0) is 7.05 Å². The molecule has 2 heterocycles. The minimum atomic E-state index is 0.340. The molecule has 0 spiro atoms. The molecule has 4 nitrogen and oxygen atoms in total. The highest BCUT2D eigenvalue weighted by atomic mass is 35.5. The monoisotopic (exact) mass is 214 g/mol. The minimum absolute atomic E-state index is 0.340. The van der Waals surface area contributed by atoms with Crippen LogP contribution in [0.15, 0.2) is 0 Å². The molecule has 78 valence electrons. The van der Waals surface area contributed by atoms with Crippen LogP contribution in [-0.4, -0.2) is 27.9 Å². The number of nitrogens with zero attached hydrogens (tertiary/aromatic N) is 4. The maximum absolute atomic E-state index is 5.76. The summed E-state index contributed by atoms with van der Waals surface area (Å²) in [5.74, 6) is 0.900. The van der Waals surface area contributed by atoms with Crippen molar-refractivity contribution >= 4 is 17.5 Å². The molecule has 1 aliphatic rings. The van der Waals surface area contributed by atoms with Crippen molar-refractivity contribution in [2.75, 3.05) is 18.0 Å². The second-order valence-corrected chi connectivity index (χ2v) is 4.04. The summed E-state index contributed by atoms with van der Waals surface area (Å²) in [6.45, 7) is 2.14. The zero-order valence-corrected chi connectivity index (χ0v) is 9.17. The average Bonchev–Trinajstić information content (AvgIpc) is 2.43. The Morgan fingerprint density at radius 3 is 2.29 bits per heavy atom. The summed E-state index contributed by atoms with van der Waals surface area (Å²) in [6.07, 6.45) is 5.12. The first-order valence-corrected chi connectivity index (χ1v) is 5.46. The molecule has 0 unspecified atom stereocenters. The topological polar surface area (TPSA) is 34.0 Å². The molecular weight excluding hydrogens is 200 g/mol. The van der Waals surface area contributed by atoms with Gasteiger partial charge in [-0.05, 0) is 24.4 Å². The SMILES string of the molecule is Cn1nc(Cl)nc1N1CCCCCC1. The van der Waals surface area contributed by atoms with Crippen molar-refractivity contribution in [3.8, 4) is 0 Å². The number of aryl methyl sites for hydroxylation is 1. The van der Waals surface area contributed by atoms with Gasteiger partial charge in [0.1, 0.15) is 0 Å². The van der Waals surface area contributed by atoms with Crippen LogP contribution in [0.4, 0.5) is 5.95 Å². The van der Waals surface area contributed by atoms with Crippen molar-refractivity contribution in [1.29, 1.82) is 0 Å². The lowest BCUT2D eigenvalue weighted by molar-refractivity contribution is 0.694. The highest BCUT2D eigenvalue weighted by Crippen LogP contribution is 2.18. The third-order valence-corrected chi connectivity index (χ3v) is 2.76. The first kappa shape index (κ1) is 9.77. The normalized spacial score (nSPS) is 18.3. The molecule has 1 aromatic rings. The Kier molecular flexibility index (Phi) is 2.91. The molecule has 2 rings (SSSR count). The van der Waals surface area contributed by atoms with E-state index < -0.39 is 0 Å². The van der Waals surface area contributed by atoms with Crippen molar-refractivity contribution in [3.05, 3.63) is 5.28 Å². The van der Waals surface area contributed by atoms with Crippen molar-refractivity contribution in [2.24, 2.45) is 7.05 Å².